The lowest BCUT2D eigenvalue weighted by Gasteiger charge is -2.01. The maximum atomic E-state index is 11.7. The van der Waals surface area contributed by atoms with Crippen molar-refractivity contribution in [2.24, 2.45) is 0 Å². The topological polar surface area (TPSA) is 92.9 Å². The van der Waals surface area contributed by atoms with Crippen LogP contribution in [0.25, 0.3) is 0 Å². The molecule has 0 radical (unpaired) electrons. The molecule has 0 spiro atoms. The lowest BCUT2D eigenvalue weighted by atomic mass is 10.4. The second-order valence-electron chi connectivity index (χ2n) is 3.32. The Labute approximate surface area is 97.2 Å². The SMILES string of the molecule is CNc1cnc(C(=O)Nc2cc(C)no2)cn1. The van der Waals surface area contributed by atoms with Crippen molar-refractivity contribution in [2.45, 2.75) is 6.92 Å². The van der Waals surface area contributed by atoms with Crippen LogP contribution in [0.3, 0.4) is 0 Å². The van der Waals surface area contributed by atoms with Crippen LogP contribution < -0.4 is 10.6 Å². The molecular weight excluding hydrogens is 222 g/mol. The molecular formula is C10H11N5O2. The van der Waals surface area contributed by atoms with E-state index in [4.69, 9.17) is 4.52 Å². The van der Waals surface area contributed by atoms with Gasteiger partial charge in [0.25, 0.3) is 5.91 Å². The van der Waals surface area contributed by atoms with Crippen LogP contribution in [0.2, 0.25) is 0 Å². The smallest absolute Gasteiger partial charge is 0.278 e. The average molecular weight is 233 g/mol. The van der Waals surface area contributed by atoms with E-state index in [0.29, 0.717) is 11.5 Å². The zero-order valence-corrected chi connectivity index (χ0v) is 9.39. The van der Waals surface area contributed by atoms with Crippen LogP contribution in [0.5, 0.6) is 0 Å². The van der Waals surface area contributed by atoms with Gasteiger partial charge in [-0.25, -0.2) is 9.97 Å². The summed E-state index contributed by atoms with van der Waals surface area (Å²) in [6, 6.07) is 1.62. The molecule has 0 saturated heterocycles. The number of rotatable bonds is 3. The molecule has 2 rings (SSSR count). The van der Waals surface area contributed by atoms with Crippen molar-refractivity contribution in [1.82, 2.24) is 15.1 Å². The van der Waals surface area contributed by atoms with Crippen molar-refractivity contribution >= 4 is 17.6 Å². The molecule has 2 N–H and O–H groups in total. The highest BCUT2D eigenvalue weighted by molar-refractivity contribution is 6.01. The number of hydrogen-bond acceptors (Lipinski definition) is 6. The highest BCUT2D eigenvalue weighted by Gasteiger charge is 2.10. The number of nitrogens with zero attached hydrogens (tertiary/aromatic N) is 3. The van der Waals surface area contributed by atoms with Crippen molar-refractivity contribution in [2.75, 3.05) is 17.7 Å². The minimum atomic E-state index is -0.392. The Bertz CT molecular complexity index is 520. The van der Waals surface area contributed by atoms with Gasteiger partial charge in [0.05, 0.1) is 18.1 Å². The first-order valence-electron chi connectivity index (χ1n) is 4.93. The lowest BCUT2D eigenvalue weighted by molar-refractivity contribution is 0.101. The summed E-state index contributed by atoms with van der Waals surface area (Å²) in [5, 5.41) is 8.99. The van der Waals surface area contributed by atoms with Gasteiger partial charge in [-0.3, -0.25) is 10.1 Å². The largest absolute Gasteiger partial charge is 0.372 e. The van der Waals surface area contributed by atoms with E-state index in [1.54, 1.807) is 20.0 Å². The zero-order chi connectivity index (χ0) is 12.3. The van der Waals surface area contributed by atoms with E-state index in [1.807, 2.05) is 0 Å². The standard InChI is InChI=1S/C10H11N5O2/c1-6-3-9(17-15-6)14-10(16)7-4-13-8(11-2)5-12-7/h3-5H,1-2H3,(H,11,13)(H,14,16). The van der Waals surface area contributed by atoms with Crippen molar-refractivity contribution in [3.8, 4) is 0 Å². The third kappa shape index (κ3) is 2.57. The van der Waals surface area contributed by atoms with Gasteiger partial charge in [-0.15, -0.1) is 0 Å². The van der Waals surface area contributed by atoms with Crippen LogP contribution in [0, 0.1) is 6.92 Å². The maximum absolute atomic E-state index is 11.7. The van der Waals surface area contributed by atoms with Crippen molar-refractivity contribution in [3.63, 3.8) is 0 Å². The first kappa shape index (κ1) is 11.1. The molecule has 1 amide bonds. The summed E-state index contributed by atoms with van der Waals surface area (Å²) >= 11 is 0. The number of nitrogens with one attached hydrogen (secondary N) is 2. The third-order valence-corrected chi connectivity index (χ3v) is 2.01. The molecule has 0 aliphatic carbocycles. The number of aromatic nitrogens is 3. The minimum absolute atomic E-state index is 0.207. The number of hydrogen-bond donors (Lipinski definition) is 2. The second kappa shape index (κ2) is 4.60. The van der Waals surface area contributed by atoms with Crippen molar-refractivity contribution < 1.29 is 9.32 Å². The van der Waals surface area contributed by atoms with Gasteiger partial charge in [0, 0.05) is 13.1 Å². The monoisotopic (exact) mass is 233 g/mol. The molecule has 0 aromatic carbocycles. The fourth-order valence-electron chi connectivity index (χ4n) is 1.17. The molecule has 0 unspecified atom stereocenters. The second-order valence-corrected chi connectivity index (χ2v) is 3.32. The molecule has 88 valence electrons. The van der Waals surface area contributed by atoms with Crippen LogP contribution in [0.1, 0.15) is 16.2 Å². The molecule has 7 nitrogen and oxygen atoms in total. The first-order valence-corrected chi connectivity index (χ1v) is 4.93. The van der Waals surface area contributed by atoms with E-state index < -0.39 is 5.91 Å². The fourth-order valence-corrected chi connectivity index (χ4v) is 1.17. The number of aryl methyl sites for hydroxylation is 1. The quantitative estimate of drug-likeness (QED) is 0.823. The van der Waals surface area contributed by atoms with Gasteiger partial charge >= 0.3 is 0 Å². The van der Waals surface area contributed by atoms with Gasteiger partial charge in [0.1, 0.15) is 11.5 Å². The van der Waals surface area contributed by atoms with Crippen molar-refractivity contribution in [3.05, 3.63) is 29.8 Å². The van der Waals surface area contributed by atoms with Crippen molar-refractivity contribution in [1.29, 1.82) is 0 Å². The maximum Gasteiger partial charge on any atom is 0.278 e. The zero-order valence-electron chi connectivity index (χ0n) is 9.39. The van der Waals surface area contributed by atoms with Crippen LogP contribution in [0.15, 0.2) is 23.0 Å². The highest BCUT2D eigenvalue weighted by Crippen LogP contribution is 2.09. The summed E-state index contributed by atoms with van der Waals surface area (Å²) in [6.45, 7) is 1.76. The highest BCUT2D eigenvalue weighted by atomic mass is 16.5. The van der Waals surface area contributed by atoms with E-state index >= 15 is 0 Å². The average Bonchev–Trinajstić information content (AvgIpc) is 2.75. The molecule has 2 heterocycles. The summed E-state index contributed by atoms with van der Waals surface area (Å²) in [7, 11) is 1.72. The van der Waals surface area contributed by atoms with Crippen LogP contribution in [-0.4, -0.2) is 28.1 Å². The predicted octanol–water partition coefficient (Wildman–Crippen LogP) is 1.07. The van der Waals surface area contributed by atoms with Gasteiger partial charge in [-0.1, -0.05) is 5.16 Å². The Morgan fingerprint density at radius 3 is 2.71 bits per heavy atom. The number of carbonyl (C=O) groups is 1. The first-order chi connectivity index (χ1) is 8.19. The summed E-state index contributed by atoms with van der Waals surface area (Å²) < 4.78 is 4.86. The molecule has 0 fully saturated rings. The van der Waals surface area contributed by atoms with E-state index in [9.17, 15) is 4.79 Å². The summed E-state index contributed by atoms with van der Waals surface area (Å²) in [5.41, 5.74) is 0.898. The van der Waals surface area contributed by atoms with Crippen LogP contribution >= 0.6 is 0 Å². The van der Waals surface area contributed by atoms with Gasteiger partial charge in [0.2, 0.25) is 5.88 Å². The molecule has 0 aliphatic rings. The molecule has 0 saturated carbocycles. The molecule has 7 heteroatoms. The Kier molecular flexibility index (Phi) is 2.99. The van der Waals surface area contributed by atoms with Gasteiger partial charge in [-0.05, 0) is 6.92 Å². The van der Waals surface area contributed by atoms with E-state index in [-0.39, 0.29) is 11.6 Å². The Hall–Kier alpha value is -2.44. The Balaban J connectivity index is 2.09. The van der Waals surface area contributed by atoms with Gasteiger partial charge in [0.15, 0.2) is 0 Å². The fraction of sp³-hybridized carbons (Fsp3) is 0.200. The van der Waals surface area contributed by atoms with Crippen LogP contribution in [0.4, 0.5) is 11.7 Å². The summed E-state index contributed by atoms with van der Waals surface area (Å²) in [5.74, 6) is 0.486. The molecule has 2 aromatic rings. The number of amides is 1. The van der Waals surface area contributed by atoms with Gasteiger partial charge in [-0.2, -0.15) is 0 Å². The molecule has 0 bridgehead atoms. The molecule has 0 aliphatic heterocycles. The minimum Gasteiger partial charge on any atom is -0.372 e. The normalized spacial score (nSPS) is 10.0. The third-order valence-electron chi connectivity index (χ3n) is 2.01. The van der Waals surface area contributed by atoms with Gasteiger partial charge < -0.3 is 9.84 Å². The Morgan fingerprint density at radius 2 is 2.18 bits per heavy atom. The predicted molar refractivity (Wildman–Crippen MR) is 60.8 cm³/mol. The number of carbonyl (C=O) groups excluding carboxylic acids is 1. The Morgan fingerprint density at radius 1 is 1.35 bits per heavy atom. The van der Waals surface area contributed by atoms with E-state index in [0.717, 1.165) is 0 Å². The number of anilines is 2. The van der Waals surface area contributed by atoms with Crippen LogP contribution in [-0.2, 0) is 0 Å². The molecule has 0 atom stereocenters. The van der Waals surface area contributed by atoms with E-state index in [1.165, 1.54) is 12.4 Å². The van der Waals surface area contributed by atoms with E-state index in [2.05, 4.69) is 25.8 Å². The molecule has 17 heavy (non-hydrogen) atoms. The summed E-state index contributed by atoms with van der Waals surface area (Å²) in [4.78, 5) is 19.6. The molecule has 2 aromatic heterocycles. The lowest BCUT2D eigenvalue weighted by Crippen LogP contribution is -2.13. The summed E-state index contributed by atoms with van der Waals surface area (Å²) in [6.07, 6.45) is 2.85.